The van der Waals surface area contributed by atoms with E-state index in [2.05, 4.69) is 22.0 Å². The molecule has 2 aromatic rings. The van der Waals surface area contributed by atoms with Crippen LogP contribution in [0.1, 0.15) is 31.0 Å². The molecule has 26 heavy (non-hydrogen) atoms. The highest BCUT2D eigenvalue weighted by molar-refractivity contribution is 5.73. The van der Waals surface area contributed by atoms with E-state index < -0.39 is 0 Å². The van der Waals surface area contributed by atoms with Crippen molar-refractivity contribution in [1.82, 2.24) is 14.8 Å². The van der Waals surface area contributed by atoms with Gasteiger partial charge in [0.05, 0.1) is 12.2 Å². The first kappa shape index (κ1) is 17.0. The van der Waals surface area contributed by atoms with Crippen LogP contribution in [-0.4, -0.2) is 45.9 Å². The summed E-state index contributed by atoms with van der Waals surface area (Å²) in [5.74, 6) is 1.04. The molecular weight excluding hydrogens is 326 g/mol. The number of piperidine rings is 1. The van der Waals surface area contributed by atoms with Gasteiger partial charge in [-0.2, -0.15) is 0 Å². The summed E-state index contributed by atoms with van der Waals surface area (Å²) in [5.41, 5.74) is 1.90. The molecule has 3 heterocycles. The summed E-state index contributed by atoms with van der Waals surface area (Å²) in [4.78, 5) is 20.9. The molecule has 1 spiro atoms. The molecule has 0 bridgehead atoms. The molecule has 1 aromatic heterocycles. The Morgan fingerprint density at radius 2 is 1.92 bits per heavy atom. The van der Waals surface area contributed by atoms with E-state index in [4.69, 9.17) is 4.74 Å². The van der Waals surface area contributed by atoms with Crippen molar-refractivity contribution in [2.45, 2.75) is 38.5 Å². The maximum absolute atomic E-state index is 12.1. The second-order valence-corrected chi connectivity index (χ2v) is 7.37. The maximum Gasteiger partial charge on any atom is 0.219 e. The molecule has 2 aliphatic heterocycles. The monoisotopic (exact) mass is 351 g/mol. The van der Waals surface area contributed by atoms with E-state index in [1.165, 1.54) is 0 Å². The lowest BCUT2D eigenvalue weighted by Crippen LogP contribution is -2.53. The summed E-state index contributed by atoms with van der Waals surface area (Å²) in [7, 11) is 0. The topological polar surface area (TPSA) is 45.7 Å². The number of rotatable bonds is 2. The van der Waals surface area contributed by atoms with E-state index in [1.807, 2.05) is 41.4 Å². The molecule has 0 atom stereocenters. The number of para-hydroxylation sites is 1. The SMILES string of the molecule is CC(=O)N1Cc2ccccc2OC2(CCN(Cc3ccccn3)CC2)C1. The minimum Gasteiger partial charge on any atom is -0.485 e. The van der Waals surface area contributed by atoms with Gasteiger partial charge in [-0.15, -0.1) is 0 Å². The van der Waals surface area contributed by atoms with Gasteiger partial charge in [0.15, 0.2) is 0 Å². The molecule has 0 N–H and O–H groups in total. The van der Waals surface area contributed by atoms with Crippen LogP contribution in [0.3, 0.4) is 0 Å². The number of ether oxygens (including phenoxy) is 1. The summed E-state index contributed by atoms with van der Waals surface area (Å²) in [6.07, 6.45) is 3.67. The third-order valence-corrected chi connectivity index (χ3v) is 5.46. The lowest BCUT2D eigenvalue weighted by Gasteiger charge is -2.42. The molecule has 1 aromatic carbocycles. The number of carbonyl (C=O) groups excluding carboxylic acids is 1. The van der Waals surface area contributed by atoms with Gasteiger partial charge >= 0.3 is 0 Å². The fraction of sp³-hybridized carbons (Fsp3) is 0.429. The van der Waals surface area contributed by atoms with E-state index in [0.717, 1.165) is 49.5 Å². The van der Waals surface area contributed by atoms with Gasteiger partial charge in [-0.25, -0.2) is 0 Å². The lowest BCUT2D eigenvalue weighted by atomic mass is 9.90. The summed E-state index contributed by atoms with van der Waals surface area (Å²) >= 11 is 0. The summed E-state index contributed by atoms with van der Waals surface area (Å²) in [5, 5.41) is 0. The number of pyridine rings is 1. The number of hydrogen-bond donors (Lipinski definition) is 0. The van der Waals surface area contributed by atoms with Crippen LogP contribution in [0.5, 0.6) is 5.75 Å². The zero-order valence-corrected chi connectivity index (χ0v) is 15.2. The largest absolute Gasteiger partial charge is 0.485 e. The van der Waals surface area contributed by atoms with Crippen molar-refractivity contribution >= 4 is 5.91 Å². The molecule has 5 heteroatoms. The first-order valence-electron chi connectivity index (χ1n) is 9.28. The van der Waals surface area contributed by atoms with E-state index in [1.54, 1.807) is 6.92 Å². The number of carbonyl (C=O) groups is 1. The number of fused-ring (bicyclic) bond motifs is 1. The number of amides is 1. The normalized spacial score (nSPS) is 19.5. The molecule has 2 aliphatic rings. The lowest BCUT2D eigenvalue weighted by molar-refractivity contribution is -0.132. The highest BCUT2D eigenvalue weighted by Gasteiger charge is 2.41. The molecule has 1 amide bonds. The molecule has 4 rings (SSSR count). The molecule has 5 nitrogen and oxygen atoms in total. The quantitative estimate of drug-likeness (QED) is 0.835. The highest BCUT2D eigenvalue weighted by Crippen LogP contribution is 2.35. The Bertz CT molecular complexity index is 770. The minimum atomic E-state index is -0.293. The average Bonchev–Trinajstić information content (AvgIpc) is 2.81. The average molecular weight is 351 g/mol. The Balaban J connectivity index is 1.50. The van der Waals surface area contributed by atoms with Gasteiger partial charge in [0.25, 0.3) is 0 Å². The van der Waals surface area contributed by atoms with Crippen molar-refractivity contribution in [3.63, 3.8) is 0 Å². The van der Waals surface area contributed by atoms with E-state index in [9.17, 15) is 4.79 Å². The first-order valence-corrected chi connectivity index (χ1v) is 9.28. The molecule has 0 radical (unpaired) electrons. The Kier molecular flexibility index (Phi) is 4.64. The zero-order chi connectivity index (χ0) is 18.0. The van der Waals surface area contributed by atoms with Gasteiger partial charge in [-0.1, -0.05) is 24.3 Å². The summed E-state index contributed by atoms with van der Waals surface area (Å²) in [6, 6.07) is 14.1. The van der Waals surface area contributed by atoms with Crippen LogP contribution < -0.4 is 4.74 Å². The number of benzene rings is 1. The minimum absolute atomic E-state index is 0.112. The number of aromatic nitrogens is 1. The Morgan fingerprint density at radius 3 is 2.65 bits per heavy atom. The van der Waals surface area contributed by atoms with Crippen LogP contribution in [0.15, 0.2) is 48.7 Å². The standard InChI is InChI=1S/C21H25N3O2/c1-17(25)24-14-18-6-2-3-8-20(18)26-21(16-24)9-12-23(13-10-21)15-19-7-4-5-11-22-19/h2-8,11H,9-10,12-16H2,1H3. The second kappa shape index (κ2) is 7.08. The predicted octanol–water partition coefficient (Wildman–Crippen LogP) is 2.86. The van der Waals surface area contributed by atoms with E-state index >= 15 is 0 Å². The smallest absolute Gasteiger partial charge is 0.219 e. The van der Waals surface area contributed by atoms with Gasteiger partial charge in [0, 0.05) is 57.7 Å². The van der Waals surface area contributed by atoms with Crippen LogP contribution in [0.25, 0.3) is 0 Å². The molecule has 136 valence electrons. The Hall–Kier alpha value is -2.40. The highest BCUT2D eigenvalue weighted by atomic mass is 16.5. The summed E-state index contributed by atoms with van der Waals surface area (Å²) < 4.78 is 6.53. The van der Waals surface area contributed by atoms with E-state index in [0.29, 0.717) is 13.1 Å². The first-order chi connectivity index (χ1) is 12.6. The van der Waals surface area contributed by atoms with Crippen LogP contribution in [-0.2, 0) is 17.9 Å². The second-order valence-electron chi connectivity index (χ2n) is 7.37. The molecule has 0 aliphatic carbocycles. The molecule has 0 unspecified atom stereocenters. The van der Waals surface area contributed by atoms with Crippen molar-refractivity contribution in [2.75, 3.05) is 19.6 Å². The van der Waals surface area contributed by atoms with Crippen molar-refractivity contribution in [3.8, 4) is 5.75 Å². The van der Waals surface area contributed by atoms with Gasteiger partial charge < -0.3 is 9.64 Å². The van der Waals surface area contributed by atoms with Crippen LogP contribution in [0.2, 0.25) is 0 Å². The zero-order valence-electron chi connectivity index (χ0n) is 15.2. The fourth-order valence-corrected chi connectivity index (χ4v) is 3.93. The van der Waals surface area contributed by atoms with Gasteiger partial charge in [0.1, 0.15) is 11.4 Å². The fourth-order valence-electron chi connectivity index (χ4n) is 3.93. The van der Waals surface area contributed by atoms with Crippen LogP contribution >= 0.6 is 0 Å². The van der Waals surface area contributed by atoms with Crippen molar-refractivity contribution < 1.29 is 9.53 Å². The van der Waals surface area contributed by atoms with Gasteiger partial charge in [-0.05, 0) is 18.2 Å². The molecule has 1 fully saturated rings. The van der Waals surface area contributed by atoms with Crippen LogP contribution in [0.4, 0.5) is 0 Å². The number of hydrogen-bond acceptors (Lipinski definition) is 4. The van der Waals surface area contributed by atoms with Gasteiger partial charge in [0.2, 0.25) is 5.91 Å². The molecule has 1 saturated heterocycles. The van der Waals surface area contributed by atoms with Gasteiger partial charge in [-0.3, -0.25) is 14.7 Å². The third-order valence-electron chi connectivity index (χ3n) is 5.46. The third kappa shape index (κ3) is 3.58. The number of nitrogens with zero attached hydrogens (tertiary/aromatic N) is 3. The maximum atomic E-state index is 12.1. The van der Waals surface area contributed by atoms with Crippen molar-refractivity contribution in [1.29, 1.82) is 0 Å². The van der Waals surface area contributed by atoms with Crippen molar-refractivity contribution in [3.05, 3.63) is 59.9 Å². The van der Waals surface area contributed by atoms with E-state index in [-0.39, 0.29) is 11.5 Å². The van der Waals surface area contributed by atoms with Crippen molar-refractivity contribution in [2.24, 2.45) is 0 Å². The number of likely N-dealkylation sites (tertiary alicyclic amines) is 1. The van der Waals surface area contributed by atoms with Crippen LogP contribution in [0, 0.1) is 0 Å². The Labute approximate surface area is 154 Å². The molecular formula is C21H25N3O2. The summed E-state index contributed by atoms with van der Waals surface area (Å²) in [6.45, 7) is 5.70. The molecule has 0 saturated carbocycles. The Morgan fingerprint density at radius 1 is 1.15 bits per heavy atom. The predicted molar refractivity (Wildman–Crippen MR) is 99.6 cm³/mol.